The monoisotopic (exact) mass is 247 g/mol. The van der Waals surface area contributed by atoms with Crippen LogP contribution in [-0.2, 0) is 4.79 Å². The van der Waals surface area contributed by atoms with Gasteiger partial charge in [-0.1, -0.05) is 38.0 Å². The molecule has 0 spiro atoms. The summed E-state index contributed by atoms with van der Waals surface area (Å²) in [4.78, 5) is 12.7. The second-order valence-corrected chi connectivity index (χ2v) is 4.36. The lowest BCUT2D eigenvalue weighted by Crippen LogP contribution is -2.19. The molecule has 98 valence electrons. The van der Waals surface area contributed by atoms with E-state index in [2.05, 4.69) is 11.8 Å². The number of carboxylic acids is 1. The van der Waals surface area contributed by atoms with Gasteiger partial charge >= 0.3 is 5.97 Å². The molecule has 3 nitrogen and oxygen atoms in total. The van der Waals surface area contributed by atoms with Crippen LogP contribution < -0.4 is 4.90 Å². The fourth-order valence-corrected chi connectivity index (χ4v) is 1.86. The summed E-state index contributed by atoms with van der Waals surface area (Å²) in [5.74, 6) is -0.918. The Morgan fingerprint density at radius 1 is 1.33 bits per heavy atom. The molecule has 0 aliphatic rings. The molecule has 1 N–H and O–H groups in total. The fourth-order valence-electron chi connectivity index (χ4n) is 1.86. The lowest BCUT2D eigenvalue weighted by Gasteiger charge is -2.21. The van der Waals surface area contributed by atoms with Crippen LogP contribution in [0.3, 0.4) is 0 Å². The number of carboxylic acid groups (broad SMARTS) is 1. The van der Waals surface area contributed by atoms with Gasteiger partial charge in [0.2, 0.25) is 0 Å². The van der Waals surface area contributed by atoms with Gasteiger partial charge in [0.15, 0.2) is 0 Å². The standard InChI is InChI=1S/C15H21NO2/c1-3-4-7-12-16(2)14-9-6-5-8-13(14)10-11-15(17)18/h5-6,8-11H,3-4,7,12H2,1-2H3,(H,17,18)/b11-10+. The number of nitrogens with zero attached hydrogens (tertiary/aromatic N) is 1. The van der Waals surface area contributed by atoms with Crippen molar-refractivity contribution in [3.8, 4) is 0 Å². The Bertz CT molecular complexity index is 413. The molecule has 0 fully saturated rings. The predicted molar refractivity (Wildman–Crippen MR) is 75.9 cm³/mol. The molecule has 3 heteroatoms. The lowest BCUT2D eigenvalue weighted by atomic mass is 10.1. The van der Waals surface area contributed by atoms with Crippen LogP contribution in [0.5, 0.6) is 0 Å². The van der Waals surface area contributed by atoms with Crippen molar-refractivity contribution in [2.45, 2.75) is 26.2 Å². The molecule has 0 aliphatic carbocycles. The van der Waals surface area contributed by atoms with Crippen LogP contribution in [0.25, 0.3) is 6.08 Å². The summed E-state index contributed by atoms with van der Waals surface area (Å²) in [6.07, 6.45) is 6.41. The van der Waals surface area contributed by atoms with Gasteiger partial charge in [-0.15, -0.1) is 0 Å². The highest BCUT2D eigenvalue weighted by molar-refractivity contribution is 5.86. The molecular formula is C15H21NO2. The van der Waals surface area contributed by atoms with E-state index in [9.17, 15) is 4.79 Å². The van der Waals surface area contributed by atoms with Gasteiger partial charge in [-0.3, -0.25) is 0 Å². The van der Waals surface area contributed by atoms with Crippen molar-refractivity contribution in [3.63, 3.8) is 0 Å². The SMILES string of the molecule is CCCCCN(C)c1ccccc1/C=C/C(=O)O. The number of anilines is 1. The van der Waals surface area contributed by atoms with Crippen molar-refractivity contribution in [2.75, 3.05) is 18.5 Å². The first-order valence-electron chi connectivity index (χ1n) is 6.36. The van der Waals surface area contributed by atoms with Crippen LogP contribution in [-0.4, -0.2) is 24.7 Å². The molecule has 0 radical (unpaired) electrons. The highest BCUT2D eigenvalue weighted by Crippen LogP contribution is 2.21. The van der Waals surface area contributed by atoms with Gasteiger partial charge in [0.25, 0.3) is 0 Å². The average Bonchev–Trinajstić information content (AvgIpc) is 2.37. The van der Waals surface area contributed by atoms with Gasteiger partial charge in [0.05, 0.1) is 0 Å². The first kappa shape index (κ1) is 14.3. The maximum absolute atomic E-state index is 10.6. The Morgan fingerprint density at radius 2 is 2.06 bits per heavy atom. The van der Waals surface area contributed by atoms with Crippen LogP contribution in [0.1, 0.15) is 31.7 Å². The van der Waals surface area contributed by atoms with Crippen LogP contribution in [0.15, 0.2) is 30.3 Å². The number of hydrogen-bond donors (Lipinski definition) is 1. The summed E-state index contributed by atoms with van der Waals surface area (Å²) in [5, 5.41) is 8.68. The predicted octanol–water partition coefficient (Wildman–Crippen LogP) is 3.41. The molecule has 0 aromatic heterocycles. The summed E-state index contributed by atoms with van der Waals surface area (Å²) in [7, 11) is 2.04. The van der Waals surface area contributed by atoms with Gasteiger partial charge in [0.1, 0.15) is 0 Å². The molecular weight excluding hydrogens is 226 g/mol. The van der Waals surface area contributed by atoms with E-state index in [1.54, 1.807) is 6.08 Å². The summed E-state index contributed by atoms with van der Waals surface area (Å²) in [5.41, 5.74) is 2.02. The maximum Gasteiger partial charge on any atom is 0.328 e. The topological polar surface area (TPSA) is 40.5 Å². The molecule has 0 atom stereocenters. The van der Waals surface area contributed by atoms with E-state index in [0.717, 1.165) is 24.2 Å². The fraction of sp³-hybridized carbons (Fsp3) is 0.400. The minimum atomic E-state index is -0.918. The Balaban J connectivity index is 2.77. The Labute approximate surface area is 109 Å². The molecule has 1 aromatic carbocycles. The van der Waals surface area contributed by atoms with Crippen LogP contribution in [0.2, 0.25) is 0 Å². The Kier molecular flexibility index (Phi) is 5.98. The van der Waals surface area contributed by atoms with Gasteiger partial charge in [-0.2, -0.15) is 0 Å². The second-order valence-electron chi connectivity index (χ2n) is 4.36. The molecule has 1 rings (SSSR count). The quantitative estimate of drug-likeness (QED) is 0.593. The second kappa shape index (κ2) is 7.54. The number of rotatable bonds is 7. The number of carbonyl (C=O) groups is 1. The average molecular weight is 247 g/mol. The third-order valence-corrected chi connectivity index (χ3v) is 2.85. The van der Waals surface area contributed by atoms with Crippen molar-refractivity contribution < 1.29 is 9.90 Å². The van der Waals surface area contributed by atoms with Gasteiger partial charge in [0, 0.05) is 25.4 Å². The zero-order chi connectivity index (χ0) is 13.4. The highest BCUT2D eigenvalue weighted by Gasteiger charge is 2.04. The van der Waals surface area contributed by atoms with E-state index < -0.39 is 5.97 Å². The third-order valence-electron chi connectivity index (χ3n) is 2.85. The normalized spacial score (nSPS) is 10.8. The zero-order valence-electron chi connectivity index (χ0n) is 11.1. The summed E-state index contributed by atoms with van der Waals surface area (Å²) < 4.78 is 0. The van der Waals surface area contributed by atoms with Crippen LogP contribution in [0.4, 0.5) is 5.69 Å². The molecule has 0 saturated heterocycles. The van der Waals surface area contributed by atoms with E-state index in [1.807, 2.05) is 31.3 Å². The first-order valence-corrected chi connectivity index (χ1v) is 6.36. The van der Waals surface area contributed by atoms with Crippen LogP contribution in [0, 0.1) is 0 Å². The molecule has 0 heterocycles. The molecule has 0 bridgehead atoms. The minimum Gasteiger partial charge on any atom is -0.478 e. The largest absolute Gasteiger partial charge is 0.478 e. The van der Waals surface area contributed by atoms with Gasteiger partial charge in [-0.25, -0.2) is 4.79 Å². The Morgan fingerprint density at radius 3 is 2.72 bits per heavy atom. The summed E-state index contributed by atoms with van der Waals surface area (Å²) in [6, 6.07) is 7.85. The van der Waals surface area contributed by atoms with Gasteiger partial charge < -0.3 is 10.0 Å². The number of unbranched alkanes of at least 4 members (excludes halogenated alkanes) is 2. The number of para-hydroxylation sites is 1. The number of benzene rings is 1. The third kappa shape index (κ3) is 4.62. The number of aliphatic carboxylic acids is 1. The molecule has 1 aromatic rings. The lowest BCUT2D eigenvalue weighted by molar-refractivity contribution is -0.131. The molecule has 18 heavy (non-hydrogen) atoms. The van der Waals surface area contributed by atoms with Gasteiger partial charge in [-0.05, 0) is 24.1 Å². The van der Waals surface area contributed by atoms with Crippen molar-refractivity contribution >= 4 is 17.7 Å². The number of hydrogen-bond acceptors (Lipinski definition) is 2. The Hall–Kier alpha value is -1.77. The summed E-state index contributed by atoms with van der Waals surface area (Å²) >= 11 is 0. The van der Waals surface area contributed by atoms with Crippen molar-refractivity contribution in [1.29, 1.82) is 0 Å². The van der Waals surface area contributed by atoms with E-state index >= 15 is 0 Å². The van der Waals surface area contributed by atoms with Crippen LogP contribution >= 0.6 is 0 Å². The maximum atomic E-state index is 10.6. The minimum absolute atomic E-state index is 0.918. The zero-order valence-corrected chi connectivity index (χ0v) is 11.1. The molecule has 0 aliphatic heterocycles. The van der Waals surface area contributed by atoms with E-state index in [4.69, 9.17) is 5.11 Å². The van der Waals surface area contributed by atoms with Crippen molar-refractivity contribution in [3.05, 3.63) is 35.9 Å². The molecule has 0 unspecified atom stereocenters. The molecule has 0 saturated carbocycles. The smallest absolute Gasteiger partial charge is 0.328 e. The van der Waals surface area contributed by atoms with Crippen molar-refractivity contribution in [1.82, 2.24) is 0 Å². The van der Waals surface area contributed by atoms with E-state index in [-0.39, 0.29) is 0 Å². The first-order chi connectivity index (χ1) is 8.65. The molecule has 0 amide bonds. The summed E-state index contributed by atoms with van der Waals surface area (Å²) in [6.45, 7) is 3.18. The highest BCUT2D eigenvalue weighted by atomic mass is 16.4. The van der Waals surface area contributed by atoms with E-state index in [1.165, 1.54) is 18.9 Å². The van der Waals surface area contributed by atoms with Crippen molar-refractivity contribution in [2.24, 2.45) is 0 Å². The van der Waals surface area contributed by atoms with E-state index in [0.29, 0.717) is 0 Å².